The lowest BCUT2D eigenvalue weighted by Gasteiger charge is -2.21. The van der Waals surface area contributed by atoms with Crippen molar-refractivity contribution in [3.63, 3.8) is 0 Å². The summed E-state index contributed by atoms with van der Waals surface area (Å²) in [6.07, 6.45) is 2.59. The van der Waals surface area contributed by atoms with Crippen LogP contribution in [-0.2, 0) is 16.8 Å². The molecule has 0 aliphatic heterocycles. The van der Waals surface area contributed by atoms with E-state index in [4.69, 9.17) is 4.42 Å². The zero-order valence-electron chi connectivity index (χ0n) is 12.4. The number of aliphatic hydroxyl groups is 1. The van der Waals surface area contributed by atoms with Crippen LogP contribution < -0.4 is 5.32 Å². The van der Waals surface area contributed by atoms with E-state index < -0.39 is 5.60 Å². The molecule has 2 rings (SSSR count). The van der Waals surface area contributed by atoms with E-state index in [2.05, 4.69) is 5.32 Å². The lowest BCUT2D eigenvalue weighted by Crippen LogP contribution is -2.38. The van der Waals surface area contributed by atoms with E-state index in [1.165, 1.54) is 11.8 Å². The predicted octanol–water partition coefficient (Wildman–Crippen LogP) is 2.54. The predicted molar refractivity (Wildman–Crippen MR) is 80.8 cm³/mol. The third-order valence-electron chi connectivity index (χ3n) is 3.44. The van der Waals surface area contributed by atoms with Crippen molar-refractivity contribution in [2.45, 2.75) is 32.3 Å². The number of rotatable bonds is 6. The molecule has 112 valence electrons. The highest BCUT2D eigenvalue weighted by atomic mass is 16.4. The lowest BCUT2D eigenvalue weighted by molar-refractivity contribution is -0.122. The van der Waals surface area contributed by atoms with E-state index in [1.54, 1.807) is 19.1 Å². The molecular weight excluding hydrogens is 266 g/mol. The number of carbonyl (C=O) groups excluding carboxylic acids is 1. The molecule has 1 unspecified atom stereocenters. The molecule has 2 N–H and O–H groups in total. The number of amides is 1. The number of carbonyl (C=O) groups is 1. The van der Waals surface area contributed by atoms with Crippen LogP contribution >= 0.6 is 0 Å². The standard InChI is InChI=1S/C17H21NO3/c1-13-5-7-14(8-6-13)9-10-16(19)18-12-17(2,20)15-4-3-11-21-15/h3-8,11,20H,9-10,12H2,1-2H3,(H,18,19). The third kappa shape index (κ3) is 4.46. The SMILES string of the molecule is Cc1ccc(CCC(=O)NCC(C)(O)c2ccco2)cc1. The second-order valence-corrected chi connectivity index (χ2v) is 5.51. The van der Waals surface area contributed by atoms with Gasteiger partial charge in [0, 0.05) is 6.42 Å². The monoisotopic (exact) mass is 287 g/mol. The van der Waals surface area contributed by atoms with Gasteiger partial charge in [-0.2, -0.15) is 0 Å². The van der Waals surface area contributed by atoms with Crippen molar-refractivity contribution in [1.29, 1.82) is 0 Å². The minimum absolute atomic E-state index is 0.0811. The number of nitrogens with one attached hydrogen (secondary N) is 1. The fourth-order valence-electron chi connectivity index (χ4n) is 2.04. The van der Waals surface area contributed by atoms with Crippen LogP contribution in [0.1, 0.15) is 30.2 Å². The summed E-state index contributed by atoms with van der Waals surface area (Å²) in [6, 6.07) is 11.5. The van der Waals surface area contributed by atoms with Gasteiger partial charge >= 0.3 is 0 Å². The first-order valence-electron chi connectivity index (χ1n) is 7.06. The van der Waals surface area contributed by atoms with E-state index in [9.17, 15) is 9.90 Å². The van der Waals surface area contributed by atoms with Crippen LogP contribution in [0.4, 0.5) is 0 Å². The van der Waals surface area contributed by atoms with E-state index >= 15 is 0 Å². The number of aryl methyl sites for hydroxylation is 2. The van der Waals surface area contributed by atoms with Gasteiger partial charge in [0.25, 0.3) is 0 Å². The summed E-state index contributed by atoms with van der Waals surface area (Å²) >= 11 is 0. The topological polar surface area (TPSA) is 62.5 Å². The average molecular weight is 287 g/mol. The van der Waals surface area contributed by atoms with Gasteiger partial charge in [-0.05, 0) is 38.0 Å². The Bertz CT molecular complexity index is 571. The van der Waals surface area contributed by atoms with E-state index in [0.717, 1.165) is 5.56 Å². The maximum atomic E-state index is 11.8. The Hall–Kier alpha value is -2.07. The molecule has 4 nitrogen and oxygen atoms in total. The largest absolute Gasteiger partial charge is 0.466 e. The second kappa shape index (κ2) is 6.59. The van der Waals surface area contributed by atoms with Gasteiger partial charge in [0.1, 0.15) is 11.4 Å². The van der Waals surface area contributed by atoms with Gasteiger partial charge in [-0.15, -0.1) is 0 Å². The fraction of sp³-hybridized carbons (Fsp3) is 0.353. The molecule has 0 aliphatic rings. The van der Waals surface area contributed by atoms with Gasteiger partial charge in [-0.1, -0.05) is 29.8 Å². The Morgan fingerprint density at radius 3 is 2.62 bits per heavy atom. The highest BCUT2D eigenvalue weighted by molar-refractivity contribution is 5.76. The van der Waals surface area contributed by atoms with E-state index in [0.29, 0.717) is 18.6 Å². The van der Waals surface area contributed by atoms with Gasteiger partial charge in [0.2, 0.25) is 5.91 Å². The molecule has 1 atom stereocenters. The van der Waals surface area contributed by atoms with E-state index in [-0.39, 0.29) is 12.5 Å². The second-order valence-electron chi connectivity index (χ2n) is 5.51. The highest BCUT2D eigenvalue weighted by Gasteiger charge is 2.26. The van der Waals surface area contributed by atoms with E-state index in [1.807, 2.05) is 31.2 Å². The Balaban J connectivity index is 1.78. The zero-order chi connectivity index (χ0) is 15.3. The Morgan fingerprint density at radius 2 is 2.00 bits per heavy atom. The van der Waals surface area contributed by atoms with Crippen molar-refractivity contribution in [3.8, 4) is 0 Å². The highest BCUT2D eigenvalue weighted by Crippen LogP contribution is 2.19. The van der Waals surface area contributed by atoms with Crippen molar-refractivity contribution >= 4 is 5.91 Å². The summed E-state index contributed by atoms with van der Waals surface area (Å²) in [5.74, 6) is 0.365. The summed E-state index contributed by atoms with van der Waals surface area (Å²) in [7, 11) is 0. The van der Waals surface area contributed by atoms with Crippen LogP contribution in [0.25, 0.3) is 0 Å². The molecule has 1 aromatic carbocycles. The van der Waals surface area contributed by atoms with Crippen LogP contribution in [0.3, 0.4) is 0 Å². The Kier molecular flexibility index (Phi) is 4.81. The normalized spacial score (nSPS) is 13.7. The lowest BCUT2D eigenvalue weighted by atomic mass is 10.0. The molecule has 4 heteroatoms. The number of benzene rings is 1. The van der Waals surface area contributed by atoms with Crippen molar-refractivity contribution < 1.29 is 14.3 Å². The van der Waals surface area contributed by atoms with Crippen LogP contribution in [0.15, 0.2) is 47.1 Å². The molecule has 0 bridgehead atoms. The molecule has 0 radical (unpaired) electrons. The van der Waals surface area contributed by atoms with Crippen molar-refractivity contribution in [2.75, 3.05) is 6.54 Å². The molecule has 0 fully saturated rings. The summed E-state index contributed by atoms with van der Waals surface area (Å²) in [5.41, 5.74) is 1.15. The minimum atomic E-state index is -1.19. The van der Waals surface area contributed by atoms with Gasteiger partial charge < -0.3 is 14.8 Å². The van der Waals surface area contributed by atoms with Crippen LogP contribution in [0.5, 0.6) is 0 Å². The molecular formula is C17H21NO3. The average Bonchev–Trinajstić information content (AvgIpc) is 3.00. The molecule has 21 heavy (non-hydrogen) atoms. The summed E-state index contributed by atoms with van der Waals surface area (Å²) in [4.78, 5) is 11.8. The van der Waals surface area contributed by atoms with Crippen LogP contribution in [-0.4, -0.2) is 17.6 Å². The van der Waals surface area contributed by atoms with Crippen molar-refractivity contribution in [1.82, 2.24) is 5.32 Å². The molecule has 2 aromatic rings. The molecule has 0 aliphatic carbocycles. The Labute approximate surface area is 124 Å². The quantitative estimate of drug-likeness (QED) is 0.858. The zero-order valence-corrected chi connectivity index (χ0v) is 12.4. The molecule has 0 spiro atoms. The molecule has 1 aromatic heterocycles. The molecule has 1 amide bonds. The maximum Gasteiger partial charge on any atom is 0.220 e. The van der Waals surface area contributed by atoms with Gasteiger partial charge in [-0.3, -0.25) is 4.79 Å². The summed E-state index contributed by atoms with van der Waals surface area (Å²) < 4.78 is 5.17. The van der Waals surface area contributed by atoms with Gasteiger partial charge in [0.05, 0.1) is 12.8 Å². The van der Waals surface area contributed by atoms with Gasteiger partial charge in [-0.25, -0.2) is 0 Å². The number of hydrogen-bond acceptors (Lipinski definition) is 3. The van der Waals surface area contributed by atoms with Crippen LogP contribution in [0.2, 0.25) is 0 Å². The first kappa shape index (κ1) is 15.3. The first-order chi connectivity index (χ1) is 9.97. The van der Waals surface area contributed by atoms with Crippen molar-refractivity contribution in [3.05, 3.63) is 59.5 Å². The molecule has 1 heterocycles. The first-order valence-corrected chi connectivity index (χ1v) is 7.06. The molecule has 0 saturated carbocycles. The van der Waals surface area contributed by atoms with Crippen molar-refractivity contribution in [2.24, 2.45) is 0 Å². The fourth-order valence-corrected chi connectivity index (χ4v) is 2.04. The number of hydrogen-bond donors (Lipinski definition) is 2. The summed E-state index contributed by atoms with van der Waals surface area (Å²) in [5, 5.41) is 13.0. The minimum Gasteiger partial charge on any atom is -0.466 e. The Morgan fingerprint density at radius 1 is 1.29 bits per heavy atom. The van der Waals surface area contributed by atoms with Crippen LogP contribution in [0, 0.1) is 6.92 Å². The maximum absolute atomic E-state index is 11.8. The molecule has 0 saturated heterocycles. The summed E-state index contributed by atoms with van der Waals surface area (Å²) in [6.45, 7) is 3.78. The smallest absolute Gasteiger partial charge is 0.220 e. The number of furan rings is 1. The van der Waals surface area contributed by atoms with Gasteiger partial charge in [0.15, 0.2) is 0 Å². The third-order valence-corrected chi connectivity index (χ3v) is 3.44.